The van der Waals surface area contributed by atoms with Crippen LogP contribution in [-0.2, 0) is 14.3 Å². The van der Waals surface area contributed by atoms with Crippen molar-refractivity contribution in [2.45, 2.75) is 32.2 Å². The standard InChI is InChI=1S/C28H35N3O6/c1-5-37-28(33)20-9-7-13-30(17-20)18-27(32)31-25(23-12-11-22(35-3)15-26(23)36-4)16-24(29-31)19-8-6-10-21(14-19)34-2/h6,8,10-12,14-15,20,25H,5,7,9,13,16-18H2,1-4H3/t20-,25+/m1/s1. The van der Waals surface area contributed by atoms with Crippen LogP contribution >= 0.6 is 0 Å². The Balaban J connectivity index is 1.61. The number of hydrazone groups is 1. The second-order valence-electron chi connectivity index (χ2n) is 9.17. The molecule has 4 rings (SSSR count). The highest BCUT2D eigenvalue weighted by Crippen LogP contribution is 2.39. The Labute approximate surface area is 217 Å². The molecule has 2 aliphatic heterocycles. The molecule has 0 radical (unpaired) electrons. The Kier molecular flexibility index (Phi) is 8.66. The first-order valence-electron chi connectivity index (χ1n) is 12.6. The summed E-state index contributed by atoms with van der Waals surface area (Å²) in [6.07, 6.45) is 2.13. The number of likely N-dealkylation sites (tertiary alicyclic amines) is 1. The van der Waals surface area contributed by atoms with E-state index in [0.29, 0.717) is 31.1 Å². The monoisotopic (exact) mass is 509 g/mol. The van der Waals surface area contributed by atoms with E-state index >= 15 is 0 Å². The van der Waals surface area contributed by atoms with E-state index in [2.05, 4.69) is 0 Å². The third-order valence-electron chi connectivity index (χ3n) is 6.85. The lowest BCUT2D eigenvalue weighted by atomic mass is 9.97. The summed E-state index contributed by atoms with van der Waals surface area (Å²) < 4.78 is 21.6. The van der Waals surface area contributed by atoms with Gasteiger partial charge in [-0.2, -0.15) is 5.10 Å². The normalized spacial score (nSPS) is 19.8. The van der Waals surface area contributed by atoms with E-state index in [1.165, 1.54) is 0 Å². The van der Waals surface area contributed by atoms with Crippen molar-refractivity contribution < 1.29 is 28.5 Å². The predicted octanol–water partition coefficient (Wildman–Crippen LogP) is 3.67. The lowest BCUT2D eigenvalue weighted by Gasteiger charge is -2.32. The third kappa shape index (κ3) is 6.05. The Morgan fingerprint density at radius 3 is 2.54 bits per heavy atom. The largest absolute Gasteiger partial charge is 0.497 e. The molecular weight excluding hydrogens is 474 g/mol. The topological polar surface area (TPSA) is 89.9 Å². The van der Waals surface area contributed by atoms with Crippen molar-refractivity contribution in [3.63, 3.8) is 0 Å². The third-order valence-corrected chi connectivity index (χ3v) is 6.85. The van der Waals surface area contributed by atoms with Crippen LogP contribution in [0.15, 0.2) is 47.6 Å². The summed E-state index contributed by atoms with van der Waals surface area (Å²) in [7, 11) is 4.83. The van der Waals surface area contributed by atoms with Crippen LogP contribution < -0.4 is 14.2 Å². The maximum atomic E-state index is 13.7. The second kappa shape index (κ2) is 12.1. The average molecular weight is 510 g/mol. The number of methoxy groups -OCH3 is 3. The number of hydrogen-bond acceptors (Lipinski definition) is 8. The van der Waals surface area contributed by atoms with Crippen LogP contribution in [0.4, 0.5) is 0 Å². The number of ether oxygens (including phenoxy) is 4. The quantitative estimate of drug-likeness (QED) is 0.477. The van der Waals surface area contributed by atoms with Crippen molar-refractivity contribution in [2.24, 2.45) is 11.0 Å². The van der Waals surface area contributed by atoms with Gasteiger partial charge in [0, 0.05) is 30.2 Å². The van der Waals surface area contributed by atoms with Crippen molar-refractivity contribution >= 4 is 17.6 Å². The molecule has 2 heterocycles. The highest BCUT2D eigenvalue weighted by Gasteiger charge is 2.36. The molecule has 198 valence electrons. The van der Waals surface area contributed by atoms with Crippen LogP contribution in [-0.4, -0.2) is 75.1 Å². The van der Waals surface area contributed by atoms with E-state index in [-0.39, 0.29) is 30.4 Å². The van der Waals surface area contributed by atoms with Crippen LogP contribution in [0.5, 0.6) is 17.2 Å². The van der Waals surface area contributed by atoms with Gasteiger partial charge in [-0.25, -0.2) is 5.01 Å². The number of hydrogen-bond donors (Lipinski definition) is 0. The first-order chi connectivity index (χ1) is 18.0. The molecular formula is C28H35N3O6. The van der Waals surface area contributed by atoms with Gasteiger partial charge in [0.05, 0.1) is 52.2 Å². The molecule has 0 spiro atoms. The first-order valence-corrected chi connectivity index (χ1v) is 12.6. The molecule has 2 aliphatic rings. The zero-order valence-corrected chi connectivity index (χ0v) is 21.9. The fourth-order valence-electron chi connectivity index (χ4n) is 4.97. The molecule has 1 amide bonds. The van der Waals surface area contributed by atoms with Gasteiger partial charge in [0.1, 0.15) is 17.2 Å². The smallest absolute Gasteiger partial charge is 0.310 e. The van der Waals surface area contributed by atoms with Crippen LogP contribution in [0.25, 0.3) is 0 Å². The SMILES string of the molecule is CCOC(=O)[C@@H]1CCCN(CC(=O)N2N=C(c3cccc(OC)c3)C[C@H]2c2ccc(OC)cc2OC)C1. The van der Waals surface area contributed by atoms with Crippen LogP contribution in [0.1, 0.15) is 43.4 Å². The van der Waals surface area contributed by atoms with Gasteiger partial charge >= 0.3 is 5.97 Å². The maximum absolute atomic E-state index is 13.7. The summed E-state index contributed by atoms with van der Waals surface area (Å²) in [4.78, 5) is 28.0. The Bertz CT molecular complexity index is 1150. The van der Waals surface area contributed by atoms with Gasteiger partial charge in [-0.15, -0.1) is 0 Å². The highest BCUT2D eigenvalue weighted by molar-refractivity contribution is 6.03. The molecule has 0 aromatic heterocycles. The molecule has 2 atom stereocenters. The average Bonchev–Trinajstić information content (AvgIpc) is 3.38. The minimum atomic E-state index is -0.347. The van der Waals surface area contributed by atoms with E-state index < -0.39 is 0 Å². The van der Waals surface area contributed by atoms with E-state index in [1.54, 1.807) is 33.3 Å². The predicted molar refractivity (Wildman–Crippen MR) is 139 cm³/mol. The highest BCUT2D eigenvalue weighted by atomic mass is 16.5. The number of benzene rings is 2. The summed E-state index contributed by atoms with van der Waals surface area (Å²) in [5, 5.41) is 6.36. The first kappa shape index (κ1) is 26.5. The summed E-state index contributed by atoms with van der Waals surface area (Å²) in [6, 6.07) is 12.9. The molecule has 0 bridgehead atoms. The lowest BCUT2D eigenvalue weighted by Crippen LogP contribution is -2.44. The number of amides is 1. The summed E-state index contributed by atoms with van der Waals surface area (Å²) >= 11 is 0. The van der Waals surface area contributed by atoms with Crippen molar-refractivity contribution in [1.82, 2.24) is 9.91 Å². The number of carbonyl (C=O) groups is 2. The zero-order chi connectivity index (χ0) is 26.4. The number of nitrogens with zero attached hydrogens (tertiary/aromatic N) is 3. The van der Waals surface area contributed by atoms with Crippen molar-refractivity contribution in [3.05, 3.63) is 53.6 Å². The minimum absolute atomic E-state index is 0.134. The number of piperidine rings is 1. The molecule has 0 unspecified atom stereocenters. The Hall–Kier alpha value is -3.59. The van der Waals surface area contributed by atoms with Gasteiger partial charge in [-0.3, -0.25) is 14.5 Å². The maximum Gasteiger partial charge on any atom is 0.310 e. The summed E-state index contributed by atoms with van der Waals surface area (Å²) in [5.74, 6) is 1.48. The van der Waals surface area contributed by atoms with Gasteiger partial charge in [0.25, 0.3) is 5.91 Å². The molecule has 1 saturated heterocycles. The summed E-state index contributed by atoms with van der Waals surface area (Å²) in [5.41, 5.74) is 2.53. The summed E-state index contributed by atoms with van der Waals surface area (Å²) in [6.45, 7) is 3.58. The molecule has 0 aliphatic carbocycles. The van der Waals surface area contributed by atoms with Crippen molar-refractivity contribution in [2.75, 3.05) is 47.6 Å². The number of esters is 1. The molecule has 9 nitrogen and oxygen atoms in total. The van der Waals surface area contributed by atoms with E-state index in [9.17, 15) is 9.59 Å². The minimum Gasteiger partial charge on any atom is -0.497 e. The molecule has 2 aromatic rings. The van der Waals surface area contributed by atoms with Gasteiger partial charge in [0.2, 0.25) is 0 Å². The second-order valence-corrected chi connectivity index (χ2v) is 9.17. The van der Waals surface area contributed by atoms with E-state index in [4.69, 9.17) is 24.0 Å². The van der Waals surface area contributed by atoms with Gasteiger partial charge < -0.3 is 18.9 Å². The van der Waals surface area contributed by atoms with Crippen molar-refractivity contribution in [1.29, 1.82) is 0 Å². The Morgan fingerprint density at radius 1 is 1.03 bits per heavy atom. The molecule has 1 fully saturated rings. The van der Waals surface area contributed by atoms with Gasteiger partial charge in [-0.1, -0.05) is 12.1 Å². The fraction of sp³-hybridized carbons (Fsp3) is 0.464. The van der Waals surface area contributed by atoms with Gasteiger partial charge in [-0.05, 0) is 50.6 Å². The molecule has 9 heteroatoms. The van der Waals surface area contributed by atoms with Crippen molar-refractivity contribution in [3.8, 4) is 17.2 Å². The number of carbonyl (C=O) groups excluding carboxylic acids is 2. The molecule has 0 saturated carbocycles. The number of rotatable bonds is 9. The van der Waals surface area contributed by atoms with E-state index in [0.717, 1.165) is 42.0 Å². The van der Waals surface area contributed by atoms with Crippen LogP contribution in [0.2, 0.25) is 0 Å². The zero-order valence-electron chi connectivity index (χ0n) is 21.9. The Morgan fingerprint density at radius 2 is 1.81 bits per heavy atom. The van der Waals surface area contributed by atoms with Gasteiger partial charge in [0.15, 0.2) is 0 Å². The van der Waals surface area contributed by atoms with E-state index in [1.807, 2.05) is 47.4 Å². The van der Waals surface area contributed by atoms with Crippen LogP contribution in [0, 0.1) is 5.92 Å². The molecule has 37 heavy (non-hydrogen) atoms. The van der Waals surface area contributed by atoms with Crippen LogP contribution in [0.3, 0.4) is 0 Å². The molecule has 2 aromatic carbocycles. The molecule has 0 N–H and O–H groups in total. The lowest BCUT2D eigenvalue weighted by molar-refractivity contribution is -0.150. The fourth-order valence-corrected chi connectivity index (χ4v) is 4.97.